The number of hydrogen-bond donors (Lipinski definition) is 3. The fraction of sp³-hybridized carbons (Fsp3) is 0.393. The van der Waals surface area contributed by atoms with E-state index in [2.05, 4.69) is 22.5 Å². The zero-order chi connectivity index (χ0) is 27.9. The highest BCUT2D eigenvalue weighted by molar-refractivity contribution is 5.95. The van der Waals surface area contributed by atoms with Crippen molar-refractivity contribution in [3.05, 3.63) is 53.7 Å². The number of aromatic nitrogens is 1. The van der Waals surface area contributed by atoms with Crippen LogP contribution in [0.4, 0.5) is 28.9 Å². The van der Waals surface area contributed by atoms with Crippen LogP contribution < -0.4 is 21.1 Å². The zero-order valence-corrected chi connectivity index (χ0v) is 21.5. The average molecular weight is 544 g/mol. The predicted molar refractivity (Wildman–Crippen MR) is 142 cm³/mol. The molecule has 7 nitrogen and oxygen atoms in total. The fourth-order valence-electron chi connectivity index (χ4n) is 5.47. The number of nitrogens with two attached hydrogens (primary N) is 1. The molecule has 2 aliphatic rings. The van der Waals surface area contributed by atoms with Crippen LogP contribution in [0.5, 0.6) is 5.75 Å². The first-order valence-electron chi connectivity index (χ1n) is 12.5. The van der Waals surface area contributed by atoms with Gasteiger partial charge in [-0.05, 0) is 62.3 Å². The van der Waals surface area contributed by atoms with Gasteiger partial charge in [-0.1, -0.05) is 12.0 Å². The third kappa shape index (κ3) is 5.34. The highest BCUT2D eigenvalue weighted by Crippen LogP contribution is 2.54. The van der Waals surface area contributed by atoms with Gasteiger partial charge in [0.1, 0.15) is 18.0 Å². The molecule has 206 valence electrons. The zero-order valence-electron chi connectivity index (χ0n) is 21.5. The molecule has 1 aliphatic carbocycles. The largest absolute Gasteiger partial charge is 0.495 e. The van der Waals surface area contributed by atoms with Crippen LogP contribution in [0.2, 0.25) is 0 Å². The molecule has 2 aromatic carbocycles. The van der Waals surface area contributed by atoms with Crippen molar-refractivity contribution in [3.63, 3.8) is 0 Å². The molecule has 3 atom stereocenters. The Labute approximate surface area is 223 Å². The molecular formula is C28H29F4N5O2. The second kappa shape index (κ2) is 10.0. The number of carbonyl (C=O) groups is 1. The first-order valence-corrected chi connectivity index (χ1v) is 12.5. The number of primary amides is 1. The number of rotatable bonds is 7. The van der Waals surface area contributed by atoms with E-state index in [0.717, 1.165) is 17.5 Å². The van der Waals surface area contributed by atoms with E-state index in [0.29, 0.717) is 34.6 Å². The summed E-state index contributed by atoms with van der Waals surface area (Å²) in [5.41, 5.74) is 5.94. The molecule has 2 fully saturated rings. The summed E-state index contributed by atoms with van der Waals surface area (Å²) in [6.07, 6.45) is -3.73. The summed E-state index contributed by atoms with van der Waals surface area (Å²) >= 11 is 0. The van der Waals surface area contributed by atoms with Crippen LogP contribution in [-0.2, 0) is 6.54 Å². The number of methoxy groups -OCH3 is 1. The normalized spacial score (nSPS) is 22.5. The second-order valence-electron chi connectivity index (χ2n) is 10.1. The van der Waals surface area contributed by atoms with E-state index in [9.17, 15) is 18.0 Å². The first kappa shape index (κ1) is 26.7. The van der Waals surface area contributed by atoms with Crippen molar-refractivity contribution in [3.8, 4) is 17.6 Å². The Bertz CT molecular complexity index is 1470. The third-order valence-electron chi connectivity index (χ3n) is 7.42. The topological polar surface area (TPSA) is 84.5 Å². The van der Waals surface area contributed by atoms with Gasteiger partial charge in [0.05, 0.1) is 36.6 Å². The number of fused-ring (bicyclic) bond motifs is 2. The Kier molecular flexibility index (Phi) is 6.84. The molecule has 0 bridgehead atoms. The van der Waals surface area contributed by atoms with Crippen molar-refractivity contribution in [2.75, 3.05) is 44.4 Å². The highest BCUT2D eigenvalue weighted by Gasteiger charge is 2.67. The molecule has 1 aromatic heterocycles. The fourth-order valence-corrected chi connectivity index (χ4v) is 5.47. The number of anilines is 2. The molecule has 1 aliphatic heterocycles. The molecule has 4 N–H and O–H groups in total. The minimum atomic E-state index is -4.46. The van der Waals surface area contributed by atoms with Gasteiger partial charge in [-0.2, -0.15) is 13.2 Å². The number of hydrogen-bond acceptors (Lipinski definition) is 5. The lowest BCUT2D eigenvalue weighted by atomic mass is 10.1. The van der Waals surface area contributed by atoms with Crippen molar-refractivity contribution in [1.82, 2.24) is 9.47 Å². The van der Waals surface area contributed by atoms with E-state index >= 15 is 4.39 Å². The molecule has 11 heteroatoms. The van der Waals surface area contributed by atoms with Gasteiger partial charge in [-0.15, -0.1) is 0 Å². The molecule has 0 spiro atoms. The Morgan fingerprint density at radius 3 is 2.72 bits per heavy atom. The number of carbonyl (C=O) groups excluding carboxylic acids is 1. The summed E-state index contributed by atoms with van der Waals surface area (Å²) < 4.78 is 62.4. The number of nitrogens with one attached hydrogen (secondary N) is 2. The Balaban J connectivity index is 1.40. The van der Waals surface area contributed by atoms with Gasteiger partial charge in [0.15, 0.2) is 0 Å². The Morgan fingerprint density at radius 2 is 2.03 bits per heavy atom. The van der Waals surface area contributed by atoms with Crippen molar-refractivity contribution in [1.29, 1.82) is 0 Å². The van der Waals surface area contributed by atoms with Gasteiger partial charge in [-0.3, -0.25) is 4.79 Å². The summed E-state index contributed by atoms with van der Waals surface area (Å²) in [6.45, 7) is 0.0477. The molecular weight excluding hydrogens is 514 g/mol. The van der Waals surface area contributed by atoms with Crippen molar-refractivity contribution < 1.29 is 27.1 Å². The number of amides is 1. The van der Waals surface area contributed by atoms with E-state index < -0.39 is 24.3 Å². The quantitative estimate of drug-likeness (QED) is 0.307. The summed E-state index contributed by atoms with van der Waals surface area (Å²) in [5.74, 6) is 5.39. The lowest BCUT2D eigenvalue weighted by Crippen LogP contribution is -2.36. The lowest BCUT2D eigenvalue weighted by Gasteiger charge is -2.23. The molecule has 1 saturated heterocycles. The van der Waals surface area contributed by atoms with Gasteiger partial charge in [0, 0.05) is 29.1 Å². The second-order valence-corrected chi connectivity index (χ2v) is 10.1. The number of nitrogens with zero attached hydrogens (tertiary/aromatic N) is 2. The molecule has 1 saturated carbocycles. The monoisotopic (exact) mass is 543 g/mol. The number of halogens is 4. The maximum Gasteiger partial charge on any atom is 0.406 e. The first-order chi connectivity index (χ1) is 18.5. The minimum Gasteiger partial charge on any atom is -0.495 e. The number of piperidine rings is 1. The van der Waals surface area contributed by atoms with E-state index in [1.165, 1.54) is 19.2 Å². The van der Waals surface area contributed by atoms with Crippen LogP contribution in [0.15, 0.2) is 42.5 Å². The standard InChI is InChI=1S/C28H29F4N5O2/c1-36-12-10-20-25(27(20,29)15-36)35-21-6-3-7-23-19(21)14-18(37(23)16-28(30,31)32)5-4-11-34-22-9-8-17(26(33)38)13-24(22)39-2/h3,6-9,13-14,20,25,34-35H,10-12,15-16H2,1-2H3,(H2,33,38)/t20-,25?,27-/m1/s1. The van der Waals surface area contributed by atoms with E-state index in [1.54, 1.807) is 30.3 Å². The minimum absolute atomic E-state index is 0.104. The van der Waals surface area contributed by atoms with Crippen LogP contribution in [0.3, 0.4) is 0 Å². The van der Waals surface area contributed by atoms with Crippen molar-refractivity contribution >= 4 is 28.2 Å². The van der Waals surface area contributed by atoms with Crippen LogP contribution in [-0.4, -0.2) is 67.1 Å². The highest BCUT2D eigenvalue weighted by atomic mass is 19.4. The van der Waals surface area contributed by atoms with E-state index in [4.69, 9.17) is 10.5 Å². The van der Waals surface area contributed by atoms with Crippen molar-refractivity contribution in [2.45, 2.75) is 30.9 Å². The van der Waals surface area contributed by atoms with Gasteiger partial charge in [-0.25, -0.2) is 4.39 Å². The predicted octanol–water partition coefficient (Wildman–Crippen LogP) is 4.23. The smallest absolute Gasteiger partial charge is 0.406 e. The van der Waals surface area contributed by atoms with Gasteiger partial charge in [0.25, 0.3) is 0 Å². The Hall–Kier alpha value is -3.91. The number of benzene rings is 2. The lowest BCUT2D eigenvalue weighted by molar-refractivity contribution is -0.140. The van der Waals surface area contributed by atoms with Gasteiger partial charge in [0.2, 0.25) is 5.91 Å². The average Bonchev–Trinajstić information content (AvgIpc) is 3.28. The molecule has 1 amide bonds. The molecule has 5 rings (SSSR count). The van der Waals surface area contributed by atoms with E-state index in [1.807, 2.05) is 11.9 Å². The summed E-state index contributed by atoms with van der Waals surface area (Å²) in [7, 11) is 3.33. The summed E-state index contributed by atoms with van der Waals surface area (Å²) in [4.78, 5) is 13.4. The van der Waals surface area contributed by atoms with Crippen molar-refractivity contribution in [2.24, 2.45) is 11.7 Å². The summed E-state index contributed by atoms with van der Waals surface area (Å²) in [5, 5.41) is 6.88. The maximum absolute atomic E-state index is 15.4. The van der Waals surface area contributed by atoms with E-state index in [-0.39, 0.29) is 29.8 Å². The van der Waals surface area contributed by atoms with Crippen LogP contribution >= 0.6 is 0 Å². The Morgan fingerprint density at radius 1 is 1.23 bits per heavy atom. The number of ether oxygens (including phenoxy) is 1. The molecule has 0 radical (unpaired) electrons. The molecule has 3 aromatic rings. The van der Waals surface area contributed by atoms with Crippen LogP contribution in [0.1, 0.15) is 22.5 Å². The van der Waals surface area contributed by atoms with Gasteiger partial charge >= 0.3 is 6.18 Å². The summed E-state index contributed by atoms with van der Waals surface area (Å²) in [6, 6.07) is 10.9. The van der Waals surface area contributed by atoms with Crippen LogP contribution in [0, 0.1) is 17.8 Å². The van der Waals surface area contributed by atoms with Crippen LogP contribution in [0.25, 0.3) is 10.9 Å². The molecule has 1 unspecified atom stereocenters. The SMILES string of the molecule is COc1cc(C(N)=O)ccc1NCC#Cc1cc2c(NC3[C@H]4CCN(C)C[C@]34F)cccc2n1CC(F)(F)F. The maximum atomic E-state index is 15.4. The van der Waals surface area contributed by atoms with Gasteiger partial charge < -0.3 is 30.6 Å². The third-order valence-corrected chi connectivity index (χ3v) is 7.42. The number of likely N-dealkylation sites (tertiary alicyclic amines) is 1. The molecule has 2 heterocycles. The molecule has 39 heavy (non-hydrogen) atoms. The number of alkyl halides is 4.